The van der Waals surface area contributed by atoms with E-state index in [2.05, 4.69) is 31.2 Å². The molecule has 31 heavy (non-hydrogen) atoms. The van der Waals surface area contributed by atoms with E-state index in [1.165, 1.54) is 22.2 Å². The summed E-state index contributed by atoms with van der Waals surface area (Å²) in [6.07, 6.45) is 3.09. The van der Waals surface area contributed by atoms with Gasteiger partial charge in [0.1, 0.15) is 10.6 Å². The molecule has 0 saturated heterocycles. The van der Waals surface area contributed by atoms with Crippen LogP contribution in [0.4, 0.5) is 5.82 Å². The van der Waals surface area contributed by atoms with Gasteiger partial charge in [-0.05, 0) is 43.6 Å². The molecule has 1 atom stereocenters. The number of hydrogen-bond donors (Lipinski definition) is 1. The van der Waals surface area contributed by atoms with Gasteiger partial charge in [0, 0.05) is 24.5 Å². The molecule has 0 aliphatic heterocycles. The maximum Gasteiger partial charge on any atom is 0.263 e. The van der Waals surface area contributed by atoms with Crippen LogP contribution in [-0.4, -0.2) is 31.0 Å². The topological polar surface area (TPSA) is 81.8 Å². The maximum absolute atomic E-state index is 13.5. The van der Waals surface area contributed by atoms with Crippen LogP contribution in [0.1, 0.15) is 43.3 Å². The summed E-state index contributed by atoms with van der Waals surface area (Å²) in [5.41, 5.74) is 2.09. The molecule has 1 aliphatic rings. The Morgan fingerprint density at radius 1 is 1.42 bits per heavy atom. The molecular formula is C22H29N5O2S2. The van der Waals surface area contributed by atoms with Crippen molar-refractivity contribution in [2.24, 2.45) is 18.9 Å². The zero-order chi connectivity index (χ0) is 22.3. The van der Waals surface area contributed by atoms with Gasteiger partial charge in [0.05, 0.1) is 16.8 Å². The molecule has 3 aromatic rings. The number of nitrogens with zero attached hydrogens (tertiary/aromatic N) is 4. The van der Waals surface area contributed by atoms with Crippen LogP contribution in [0.15, 0.2) is 16.0 Å². The van der Waals surface area contributed by atoms with Gasteiger partial charge in [-0.25, -0.2) is 4.98 Å². The van der Waals surface area contributed by atoms with E-state index in [0.29, 0.717) is 29.4 Å². The summed E-state index contributed by atoms with van der Waals surface area (Å²) in [5.74, 6) is 1.65. The van der Waals surface area contributed by atoms with E-state index in [9.17, 15) is 9.59 Å². The molecule has 0 spiro atoms. The minimum absolute atomic E-state index is 0.0379. The molecule has 1 amide bonds. The molecule has 9 heteroatoms. The highest BCUT2D eigenvalue weighted by atomic mass is 32.2. The molecule has 0 fully saturated rings. The third kappa shape index (κ3) is 4.57. The number of fused-ring (bicyclic) bond motifs is 3. The van der Waals surface area contributed by atoms with Crippen LogP contribution in [0.5, 0.6) is 0 Å². The Hall–Kier alpha value is -2.13. The van der Waals surface area contributed by atoms with E-state index in [4.69, 9.17) is 4.98 Å². The minimum atomic E-state index is -0.141. The van der Waals surface area contributed by atoms with Crippen LogP contribution >= 0.6 is 23.1 Å². The smallest absolute Gasteiger partial charge is 0.263 e. The van der Waals surface area contributed by atoms with Crippen LogP contribution < -0.4 is 10.9 Å². The van der Waals surface area contributed by atoms with E-state index < -0.39 is 0 Å². The van der Waals surface area contributed by atoms with Crippen LogP contribution in [0.25, 0.3) is 10.2 Å². The third-order valence-electron chi connectivity index (χ3n) is 5.53. The number of carbonyl (C=O) groups excluding carboxylic acids is 1. The average molecular weight is 460 g/mol. The molecule has 7 nitrogen and oxygen atoms in total. The molecule has 0 saturated carbocycles. The van der Waals surface area contributed by atoms with Crippen molar-refractivity contribution in [3.8, 4) is 0 Å². The molecule has 1 aliphatic carbocycles. The molecule has 3 heterocycles. The standard InChI is InChI=1S/C22H29N5O2S2/c1-12(2)10-27-21(29)19-15-7-6-13(3)8-16(15)31-20(19)24-22(27)30-11-18(28)23-17-9-14(4)25-26(17)5/h9,12-13H,6-8,10-11H2,1-5H3,(H,23,28). The van der Waals surface area contributed by atoms with Crippen molar-refractivity contribution in [2.45, 2.75) is 58.7 Å². The normalized spacial score (nSPS) is 16.1. The first-order chi connectivity index (χ1) is 14.7. The zero-order valence-electron chi connectivity index (χ0n) is 18.7. The molecule has 0 radical (unpaired) electrons. The van der Waals surface area contributed by atoms with E-state index >= 15 is 0 Å². The molecule has 1 unspecified atom stereocenters. The number of rotatable bonds is 6. The number of thioether (sulfide) groups is 1. The van der Waals surface area contributed by atoms with E-state index in [1.54, 1.807) is 27.6 Å². The first-order valence-electron chi connectivity index (χ1n) is 10.7. The summed E-state index contributed by atoms with van der Waals surface area (Å²) in [7, 11) is 1.80. The number of thiophene rings is 1. The second-order valence-corrected chi connectivity index (χ2v) is 10.9. The number of carbonyl (C=O) groups is 1. The first-order valence-corrected chi connectivity index (χ1v) is 12.5. The number of anilines is 1. The van der Waals surface area contributed by atoms with Gasteiger partial charge in [-0.15, -0.1) is 11.3 Å². The Kier molecular flexibility index (Phi) is 6.25. The first kappa shape index (κ1) is 22.1. The fourth-order valence-corrected chi connectivity index (χ4v) is 6.31. The molecular weight excluding hydrogens is 430 g/mol. The summed E-state index contributed by atoms with van der Waals surface area (Å²) >= 11 is 2.97. The van der Waals surface area contributed by atoms with Crippen LogP contribution in [0.3, 0.4) is 0 Å². The van der Waals surface area contributed by atoms with E-state index in [1.807, 2.05) is 13.0 Å². The molecule has 0 bridgehead atoms. The molecule has 166 valence electrons. The fraction of sp³-hybridized carbons (Fsp3) is 0.545. The Morgan fingerprint density at radius 3 is 2.87 bits per heavy atom. The summed E-state index contributed by atoms with van der Waals surface area (Å²) in [4.78, 5) is 33.0. The SMILES string of the molecule is Cc1cc(NC(=O)CSc2nc3sc4c(c3c(=O)n2CC(C)C)CCC(C)C4)n(C)n1. The van der Waals surface area contributed by atoms with Gasteiger partial charge in [0.25, 0.3) is 5.56 Å². The fourth-order valence-electron chi connectivity index (χ4n) is 4.08. The minimum Gasteiger partial charge on any atom is -0.310 e. The largest absolute Gasteiger partial charge is 0.310 e. The van der Waals surface area contributed by atoms with Gasteiger partial charge in [-0.3, -0.25) is 18.8 Å². The van der Waals surface area contributed by atoms with Gasteiger partial charge >= 0.3 is 0 Å². The van der Waals surface area contributed by atoms with Crippen molar-refractivity contribution in [3.05, 3.63) is 32.6 Å². The number of aromatic nitrogens is 4. The van der Waals surface area contributed by atoms with Crippen LogP contribution in [0.2, 0.25) is 0 Å². The molecule has 3 aromatic heterocycles. The van der Waals surface area contributed by atoms with Gasteiger partial charge in [0.15, 0.2) is 5.16 Å². The van der Waals surface area contributed by atoms with Gasteiger partial charge in [0.2, 0.25) is 5.91 Å². The third-order valence-corrected chi connectivity index (χ3v) is 7.65. The van der Waals surface area contributed by atoms with Crippen molar-refractivity contribution in [2.75, 3.05) is 11.1 Å². The van der Waals surface area contributed by atoms with Gasteiger partial charge < -0.3 is 5.32 Å². The predicted molar refractivity (Wildman–Crippen MR) is 127 cm³/mol. The van der Waals surface area contributed by atoms with Crippen LogP contribution in [-0.2, 0) is 31.2 Å². The lowest BCUT2D eigenvalue weighted by atomic mass is 9.89. The summed E-state index contributed by atoms with van der Waals surface area (Å²) in [5, 5.41) is 8.55. The monoisotopic (exact) mass is 459 g/mol. The quantitative estimate of drug-likeness (QED) is 0.445. The number of hydrogen-bond acceptors (Lipinski definition) is 6. The maximum atomic E-state index is 13.5. The number of amides is 1. The van der Waals surface area contributed by atoms with Crippen molar-refractivity contribution < 1.29 is 4.79 Å². The lowest BCUT2D eigenvalue weighted by Gasteiger charge is -2.18. The van der Waals surface area contributed by atoms with Gasteiger partial charge in [-0.2, -0.15) is 5.10 Å². The second kappa shape index (κ2) is 8.78. The molecule has 4 rings (SSSR count). The summed E-state index contributed by atoms with van der Waals surface area (Å²) in [6.45, 7) is 8.92. The lowest BCUT2D eigenvalue weighted by Crippen LogP contribution is -2.26. The lowest BCUT2D eigenvalue weighted by molar-refractivity contribution is -0.113. The van der Waals surface area contributed by atoms with Crippen molar-refractivity contribution in [1.82, 2.24) is 19.3 Å². The van der Waals surface area contributed by atoms with Gasteiger partial charge in [-0.1, -0.05) is 32.5 Å². The zero-order valence-corrected chi connectivity index (χ0v) is 20.3. The molecule has 1 N–H and O–H groups in total. The van der Waals surface area contributed by atoms with Crippen LogP contribution in [0, 0.1) is 18.8 Å². The molecule has 0 aromatic carbocycles. The second-order valence-electron chi connectivity index (χ2n) is 8.87. The van der Waals surface area contributed by atoms with E-state index in [0.717, 1.165) is 35.2 Å². The Balaban J connectivity index is 1.63. The summed E-state index contributed by atoms with van der Waals surface area (Å²) < 4.78 is 3.41. The Bertz CT molecular complexity index is 1190. The van der Waals surface area contributed by atoms with E-state index in [-0.39, 0.29) is 17.2 Å². The van der Waals surface area contributed by atoms with Crippen molar-refractivity contribution in [3.63, 3.8) is 0 Å². The predicted octanol–water partition coefficient (Wildman–Crippen LogP) is 4.01. The Morgan fingerprint density at radius 2 is 2.19 bits per heavy atom. The Labute approximate surface area is 190 Å². The van der Waals surface area contributed by atoms with Crippen molar-refractivity contribution in [1.29, 1.82) is 0 Å². The highest BCUT2D eigenvalue weighted by Gasteiger charge is 2.25. The highest BCUT2D eigenvalue weighted by molar-refractivity contribution is 7.99. The number of aryl methyl sites for hydroxylation is 3. The number of nitrogens with one attached hydrogen (secondary N) is 1. The van der Waals surface area contributed by atoms with Crippen molar-refractivity contribution >= 4 is 45.0 Å². The highest BCUT2D eigenvalue weighted by Crippen LogP contribution is 2.36. The average Bonchev–Trinajstić information content (AvgIpc) is 3.20. The summed E-state index contributed by atoms with van der Waals surface area (Å²) in [6, 6.07) is 1.83.